The zero-order chi connectivity index (χ0) is 59.7. The molecule has 0 saturated carbocycles. The summed E-state index contributed by atoms with van der Waals surface area (Å²) in [5.41, 5.74) is 7.88. The number of hydrogen-bond acceptors (Lipinski definition) is 11. The van der Waals surface area contributed by atoms with E-state index < -0.39 is 0 Å². The van der Waals surface area contributed by atoms with Crippen LogP contribution in [0.5, 0.6) is 0 Å². The summed E-state index contributed by atoms with van der Waals surface area (Å²) in [6.45, 7) is 19.9. The van der Waals surface area contributed by atoms with Gasteiger partial charge in [-0.25, -0.2) is 0 Å². The highest BCUT2D eigenvalue weighted by atomic mass is 32.1. The summed E-state index contributed by atoms with van der Waals surface area (Å²) in [7, 11) is 0. The Kier molecular flexibility index (Phi) is 20.8. The van der Waals surface area contributed by atoms with Crippen molar-refractivity contribution in [3.63, 3.8) is 0 Å². The molecule has 0 fully saturated rings. The summed E-state index contributed by atoms with van der Waals surface area (Å²) in [6, 6.07) is 20.1. The summed E-state index contributed by atoms with van der Waals surface area (Å²) in [6.07, 6.45) is 16.7. The molecule has 9 heterocycles. The quantitative estimate of drug-likeness (QED) is 0.0453. The molecule has 0 N–H and O–H groups in total. The van der Waals surface area contributed by atoms with Crippen molar-refractivity contribution in [3.05, 3.63) is 134 Å². The van der Waals surface area contributed by atoms with Crippen molar-refractivity contribution < 1.29 is 19.2 Å². The van der Waals surface area contributed by atoms with Crippen LogP contribution in [-0.2, 0) is 19.2 Å². The highest BCUT2D eigenvalue weighted by Gasteiger charge is 2.51. The van der Waals surface area contributed by atoms with Gasteiger partial charge in [0.1, 0.15) is 11.0 Å². The minimum Gasteiger partial charge on any atom is -0.306 e. The van der Waals surface area contributed by atoms with Gasteiger partial charge in [-0.2, -0.15) is 8.75 Å². The standard InChI is InChI=1S/C70H80N6O4S5/c1-9-17-23-45(13-5)41-73-63(53-27-21-39-81-53)57-59(69(73)79)65(75(67(57)77)43-47(15-7)25-19-11-3)55-37-35-51(83-55)33-31-49-29-30-50(62-61(49)71-85-72-62)32-34-52-36-38-56(84-52)66-60-58(68(78)76(66)44-48(16-8)26-20-12-4)64(54-28-22-40-82-54)74(70(60)80)42-46(14-6)24-18-10-2/h21-22,27-30,35-40,45-48H,9-20,23-26,41-44H2,1-8H3. The molecule has 4 aliphatic heterocycles. The lowest BCUT2D eigenvalue weighted by molar-refractivity contribution is -0.124. The van der Waals surface area contributed by atoms with Crippen LogP contribution in [0.1, 0.15) is 199 Å². The van der Waals surface area contributed by atoms with E-state index in [1.54, 1.807) is 22.7 Å². The molecule has 10 nitrogen and oxygen atoms in total. The Labute approximate surface area is 524 Å². The molecule has 4 unspecified atom stereocenters. The van der Waals surface area contributed by atoms with Gasteiger partial charge < -0.3 is 19.6 Å². The second-order valence-electron chi connectivity index (χ2n) is 23.1. The fraction of sp³-hybridized carbons (Fsp3) is 0.457. The highest BCUT2D eigenvalue weighted by Crippen LogP contribution is 2.51. The van der Waals surface area contributed by atoms with Gasteiger partial charge in [0.05, 0.1) is 97.2 Å². The lowest BCUT2D eigenvalue weighted by Crippen LogP contribution is -2.34. The van der Waals surface area contributed by atoms with Crippen molar-refractivity contribution in [2.75, 3.05) is 26.2 Å². The number of hydrogen-bond donors (Lipinski definition) is 0. The average molecular weight is 1230 g/mol. The van der Waals surface area contributed by atoms with E-state index in [-0.39, 0.29) is 23.6 Å². The van der Waals surface area contributed by atoms with E-state index in [4.69, 9.17) is 8.75 Å². The monoisotopic (exact) mass is 1230 g/mol. The van der Waals surface area contributed by atoms with E-state index in [1.807, 2.05) is 91.0 Å². The van der Waals surface area contributed by atoms with Gasteiger partial charge >= 0.3 is 0 Å². The Morgan fingerprint density at radius 2 is 0.718 bits per heavy atom. The van der Waals surface area contributed by atoms with Gasteiger partial charge in [-0.05, 0) is 109 Å². The van der Waals surface area contributed by atoms with E-state index in [0.717, 1.165) is 166 Å². The van der Waals surface area contributed by atoms with Crippen LogP contribution in [0.4, 0.5) is 0 Å². The number of rotatable bonds is 28. The molecule has 4 atom stereocenters. The Morgan fingerprint density at radius 1 is 0.400 bits per heavy atom. The lowest BCUT2D eigenvalue weighted by Gasteiger charge is -2.29. The molecule has 0 saturated heterocycles. The smallest absolute Gasteiger partial charge is 0.261 e. The fourth-order valence-electron chi connectivity index (χ4n) is 12.4. The van der Waals surface area contributed by atoms with E-state index >= 15 is 19.2 Å². The SMILES string of the molecule is CCCCC(CC)CN1C(=O)C2=C(c3ccc(C#Cc4ccc(C#Cc5ccc(C6=C7C(=O)N(CC(CC)CCCC)C(c8cccs8)=C7C(=O)N6CC(CC)CCCC)s5)c5nsnc45)s3)N(CC(CC)CCCC)C(=O)C2=C1c1cccs1. The van der Waals surface area contributed by atoms with Crippen LogP contribution >= 0.6 is 57.1 Å². The van der Waals surface area contributed by atoms with Crippen LogP contribution in [0.3, 0.4) is 0 Å². The third kappa shape index (κ3) is 12.8. The molecule has 0 spiro atoms. The number of thiophene rings is 4. The van der Waals surface area contributed by atoms with Crippen LogP contribution in [0.25, 0.3) is 33.8 Å². The molecule has 444 valence electrons. The predicted octanol–water partition coefficient (Wildman–Crippen LogP) is 17.2. The number of aromatic nitrogens is 2. The molecule has 0 bridgehead atoms. The summed E-state index contributed by atoms with van der Waals surface area (Å²) in [5.74, 6) is 14.6. The van der Waals surface area contributed by atoms with Crippen molar-refractivity contribution in [3.8, 4) is 23.7 Å². The number of fused-ring (bicyclic) bond motifs is 3. The Balaban J connectivity index is 0.964. The predicted molar refractivity (Wildman–Crippen MR) is 354 cm³/mol. The van der Waals surface area contributed by atoms with Gasteiger partial charge in [0, 0.05) is 26.2 Å². The molecular formula is C70H80N6O4S5. The van der Waals surface area contributed by atoms with Gasteiger partial charge in [0.2, 0.25) is 0 Å². The number of unbranched alkanes of at least 4 members (excludes halogenated alkanes) is 4. The largest absolute Gasteiger partial charge is 0.306 e. The molecule has 0 aliphatic carbocycles. The first-order valence-corrected chi connectivity index (χ1v) is 35.4. The maximum atomic E-state index is 15.1. The Morgan fingerprint density at radius 3 is 1.00 bits per heavy atom. The maximum Gasteiger partial charge on any atom is 0.261 e. The molecule has 1 aromatic carbocycles. The van der Waals surface area contributed by atoms with Crippen molar-refractivity contribution in [2.45, 2.75) is 158 Å². The maximum absolute atomic E-state index is 15.1. The van der Waals surface area contributed by atoms with Gasteiger partial charge in [-0.3, -0.25) is 19.2 Å². The van der Waals surface area contributed by atoms with Crippen LogP contribution in [0.2, 0.25) is 0 Å². The highest BCUT2D eigenvalue weighted by molar-refractivity contribution is 7.14. The van der Waals surface area contributed by atoms with Crippen molar-refractivity contribution in [2.24, 2.45) is 23.7 Å². The number of carbonyl (C=O) groups is 4. The van der Waals surface area contributed by atoms with Gasteiger partial charge in [-0.15, -0.1) is 45.3 Å². The zero-order valence-electron chi connectivity index (χ0n) is 50.7. The second-order valence-corrected chi connectivity index (χ2v) is 27.7. The topological polar surface area (TPSA) is 107 Å². The molecule has 85 heavy (non-hydrogen) atoms. The first-order valence-electron chi connectivity index (χ1n) is 31.3. The number of carbonyl (C=O) groups excluding carboxylic acids is 4. The summed E-state index contributed by atoms with van der Waals surface area (Å²) in [5, 5.41) is 4.06. The summed E-state index contributed by atoms with van der Waals surface area (Å²) < 4.78 is 9.45. The molecule has 15 heteroatoms. The second kappa shape index (κ2) is 28.5. The molecule has 5 aromatic heterocycles. The summed E-state index contributed by atoms with van der Waals surface area (Å²) >= 11 is 7.32. The fourth-order valence-corrected chi connectivity index (χ4v) is 16.4. The first kappa shape index (κ1) is 61.9. The Hall–Kier alpha value is -6.20. The molecule has 10 rings (SSSR count). The van der Waals surface area contributed by atoms with E-state index in [2.05, 4.69) is 79.1 Å². The van der Waals surface area contributed by atoms with Crippen LogP contribution in [0.15, 0.2) is 93.7 Å². The summed E-state index contributed by atoms with van der Waals surface area (Å²) in [4.78, 5) is 73.2. The van der Waals surface area contributed by atoms with Crippen molar-refractivity contribution in [1.82, 2.24) is 28.3 Å². The Bertz CT molecular complexity index is 3440. The average Bonchev–Trinajstić information content (AvgIpc) is 2.40. The van der Waals surface area contributed by atoms with Crippen LogP contribution in [-0.4, -0.2) is 78.2 Å². The van der Waals surface area contributed by atoms with E-state index in [0.29, 0.717) is 94.6 Å². The van der Waals surface area contributed by atoms with Crippen molar-refractivity contribution in [1.29, 1.82) is 0 Å². The molecule has 6 aromatic rings. The van der Waals surface area contributed by atoms with E-state index in [1.165, 1.54) is 22.7 Å². The normalized spacial score (nSPS) is 16.6. The zero-order valence-corrected chi connectivity index (χ0v) is 54.8. The van der Waals surface area contributed by atoms with Crippen LogP contribution < -0.4 is 0 Å². The minimum absolute atomic E-state index is 0.0823. The number of nitrogens with zero attached hydrogens (tertiary/aromatic N) is 6. The van der Waals surface area contributed by atoms with E-state index in [9.17, 15) is 0 Å². The minimum atomic E-state index is -0.0823. The lowest BCUT2D eigenvalue weighted by atomic mass is 9.98. The molecule has 4 amide bonds. The van der Waals surface area contributed by atoms with Gasteiger partial charge in [0.25, 0.3) is 23.6 Å². The number of benzene rings is 1. The van der Waals surface area contributed by atoms with Gasteiger partial charge in [0.15, 0.2) is 0 Å². The number of amides is 4. The molecule has 0 radical (unpaired) electrons. The molecular weight excluding hydrogens is 1150 g/mol. The third-order valence-electron chi connectivity index (χ3n) is 17.5. The third-order valence-corrected chi connectivity index (χ3v) is 21.8. The first-order chi connectivity index (χ1) is 41.5. The molecule has 4 aliphatic rings. The van der Waals surface area contributed by atoms with Gasteiger partial charge in [-0.1, -0.05) is 168 Å². The van der Waals surface area contributed by atoms with Crippen molar-refractivity contribution >= 4 is 115 Å². The van der Waals surface area contributed by atoms with Crippen LogP contribution in [0, 0.1) is 47.4 Å².